The van der Waals surface area contributed by atoms with Gasteiger partial charge in [-0.1, -0.05) is 170 Å². The van der Waals surface area contributed by atoms with Crippen LogP contribution in [0.3, 0.4) is 0 Å². The molecule has 0 aliphatic rings. The van der Waals surface area contributed by atoms with Gasteiger partial charge in [0, 0.05) is 33.2 Å². The van der Waals surface area contributed by atoms with Crippen LogP contribution in [0.1, 0.15) is 5.56 Å². The summed E-state index contributed by atoms with van der Waals surface area (Å²) in [5, 5.41) is 19.0. The molecule has 0 aliphatic heterocycles. The molecule has 0 saturated heterocycles. The Morgan fingerprint density at radius 3 is 1.41 bits per heavy atom. The Hall–Kier alpha value is -8.65. The molecule has 292 valence electrons. The lowest BCUT2D eigenvalue weighted by atomic mass is 9.88. The molecule has 0 aliphatic carbocycles. The molecule has 0 amide bonds. The topological polar surface area (TPSA) is 54.5 Å². The Bertz CT molecular complexity index is 3710. The zero-order valence-corrected chi connectivity index (χ0v) is 34.1. The Morgan fingerprint density at radius 2 is 0.810 bits per heavy atom. The van der Waals surface area contributed by atoms with Crippen molar-refractivity contribution in [1.29, 1.82) is 5.26 Å². The van der Waals surface area contributed by atoms with E-state index < -0.39 is 0 Å². The Morgan fingerprint density at radius 1 is 0.333 bits per heavy atom. The van der Waals surface area contributed by atoms with Gasteiger partial charge in [-0.05, 0) is 103 Å². The third-order valence-electron chi connectivity index (χ3n) is 12.4. The zero-order valence-electron chi connectivity index (χ0n) is 34.1. The van der Waals surface area contributed by atoms with E-state index in [2.05, 4.69) is 199 Å². The van der Waals surface area contributed by atoms with E-state index in [1.165, 1.54) is 27.1 Å². The highest BCUT2D eigenvalue weighted by molar-refractivity contribution is 6.23. The number of hydrogen-bond donors (Lipinski definition) is 0. The maximum Gasteiger partial charge on any atom is 0.161 e. The number of rotatable bonds is 6. The summed E-state index contributed by atoms with van der Waals surface area (Å²) in [7, 11) is 0. The van der Waals surface area contributed by atoms with E-state index in [1.807, 2.05) is 30.3 Å². The van der Waals surface area contributed by atoms with E-state index in [0.29, 0.717) is 11.4 Å². The van der Waals surface area contributed by atoms with E-state index >= 15 is 0 Å². The largest absolute Gasteiger partial charge is 0.309 e. The fraction of sp³-hybridized carbons (Fsp3) is 0. The Labute approximate surface area is 364 Å². The van der Waals surface area contributed by atoms with Gasteiger partial charge in [-0.25, -0.2) is 9.97 Å². The first-order chi connectivity index (χ1) is 31.2. The third-order valence-corrected chi connectivity index (χ3v) is 12.4. The summed E-state index contributed by atoms with van der Waals surface area (Å²) < 4.78 is 2.27. The van der Waals surface area contributed by atoms with E-state index in [4.69, 9.17) is 9.97 Å². The minimum atomic E-state index is 0.646. The second kappa shape index (κ2) is 14.8. The molecule has 0 atom stereocenters. The van der Waals surface area contributed by atoms with Crippen LogP contribution in [0.2, 0.25) is 0 Å². The fourth-order valence-corrected chi connectivity index (χ4v) is 9.42. The van der Waals surface area contributed by atoms with Crippen molar-refractivity contribution in [3.05, 3.63) is 224 Å². The van der Waals surface area contributed by atoms with Crippen molar-refractivity contribution in [1.82, 2.24) is 14.5 Å². The summed E-state index contributed by atoms with van der Waals surface area (Å²) in [4.78, 5) is 10.5. The van der Waals surface area contributed by atoms with Crippen molar-refractivity contribution in [2.45, 2.75) is 0 Å². The monoisotopic (exact) mass is 800 g/mol. The van der Waals surface area contributed by atoms with E-state index in [-0.39, 0.29) is 0 Å². The molecule has 12 aromatic rings. The van der Waals surface area contributed by atoms with Crippen molar-refractivity contribution in [2.24, 2.45) is 0 Å². The molecular weight excluding hydrogens is 765 g/mol. The molecule has 12 rings (SSSR count). The van der Waals surface area contributed by atoms with Crippen molar-refractivity contribution >= 4 is 54.1 Å². The van der Waals surface area contributed by atoms with Crippen molar-refractivity contribution in [3.8, 4) is 67.9 Å². The molecule has 4 nitrogen and oxygen atoms in total. The number of nitrogens with zero attached hydrogens (tertiary/aromatic N) is 4. The van der Waals surface area contributed by atoms with E-state index in [0.717, 1.165) is 83.0 Å². The molecule has 0 unspecified atom stereocenters. The summed E-state index contributed by atoms with van der Waals surface area (Å²) in [6, 6.07) is 79.3. The second-order valence-electron chi connectivity index (χ2n) is 16.1. The highest BCUT2D eigenvalue weighted by Gasteiger charge is 2.19. The van der Waals surface area contributed by atoms with Crippen LogP contribution >= 0.6 is 0 Å². The van der Waals surface area contributed by atoms with Gasteiger partial charge in [0.15, 0.2) is 5.82 Å². The van der Waals surface area contributed by atoms with Crippen LogP contribution in [0.5, 0.6) is 0 Å². The van der Waals surface area contributed by atoms with Crippen LogP contribution < -0.4 is 0 Å². The van der Waals surface area contributed by atoms with Crippen LogP contribution in [-0.4, -0.2) is 14.5 Å². The zero-order chi connectivity index (χ0) is 41.9. The minimum Gasteiger partial charge on any atom is -0.309 e. The van der Waals surface area contributed by atoms with Crippen LogP contribution in [-0.2, 0) is 0 Å². The number of aromatic nitrogens is 3. The number of benzene rings is 10. The smallest absolute Gasteiger partial charge is 0.161 e. The van der Waals surface area contributed by atoms with Gasteiger partial charge in [-0.15, -0.1) is 0 Å². The Balaban J connectivity index is 1.01. The molecular formula is C59H36N4. The third kappa shape index (κ3) is 6.14. The van der Waals surface area contributed by atoms with Gasteiger partial charge in [0.2, 0.25) is 0 Å². The molecule has 0 N–H and O–H groups in total. The van der Waals surface area contributed by atoms with Gasteiger partial charge in [0.1, 0.15) is 0 Å². The summed E-state index contributed by atoms with van der Waals surface area (Å²) in [6.45, 7) is 0. The fourth-order valence-electron chi connectivity index (χ4n) is 9.42. The maximum absolute atomic E-state index is 9.76. The van der Waals surface area contributed by atoms with Gasteiger partial charge in [0.25, 0.3) is 0 Å². The lowest BCUT2D eigenvalue weighted by molar-refractivity contribution is 1.18. The first-order valence-corrected chi connectivity index (χ1v) is 21.2. The molecule has 0 bridgehead atoms. The molecule has 2 aromatic heterocycles. The molecule has 63 heavy (non-hydrogen) atoms. The van der Waals surface area contributed by atoms with Crippen LogP contribution in [0.4, 0.5) is 0 Å². The number of para-hydroxylation sites is 1. The van der Waals surface area contributed by atoms with Gasteiger partial charge in [-0.2, -0.15) is 5.26 Å². The van der Waals surface area contributed by atoms with Crippen molar-refractivity contribution in [2.75, 3.05) is 0 Å². The average Bonchev–Trinajstić information content (AvgIpc) is 3.69. The molecule has 2 heterocycles. The van der Waals surface area contributed by atoms with Gasteiger partial charge in [0.05, 0.1) is 34.1 Å². The maximum atomic E-state index is 9.76. The van der Waals surface area contributed by atoms with Gasteiger partial charge < -0.3 is 4.57 Å². The second-order valence-corrected chi connectivity index (χ2v) is 16.1. The quantitative estimate of drug-likeness (QED) is 0.157. The highest BCUT2D eigenvalue weighted by Crippen LogP contribution is 2.43. The SMILES string of the molecule is N#Cc1ccc2c3ccc(-c4ccc(-c5cc6c7ccccc7c(-c7nc(-c8ccccc8)cc(-c8ccccc8)n7)cc6c6ccccc56)cc4)cc3n(-c3ccccc3)c2c1. The van der Waals surface area contributed by atoms with E-state index in [1.54, 1.807) is 0 Å². The first kappa shape index (κ1) is 36.2. The summed E-state index contributed by atoms with van der Waals surface area (Å²) in [5.74, 6) is 0.700. The standard InChI is InChI=1S/C59H36N4/c60-37-38-24-30-49-50-31-29-43(33-58(50)63(57(49)32-38)44-18-8-3-9-19-44)39-25-27-40(28-26-39)51-34-52-47-22-12-13-23-48(47)54(35-53(52)46-21-11-10-20-45(46)51)59-61-55(41-14-4-1-5-15-41)36-56(62-59)42-16-6-2-7-17-42/h1-36H. The predicted octanol–water partition coefficient (Wildman–Crippen LogP) is 15.2. The predicted molar refractivity (Wildman–Crippen MR) is 261 cm³/mol. The van der Waals surface area contributed by atoms with Crippen LogP contribution in [0.15, 0.2) is 218 Å². The number of fused-ring (bicyclic) bond motifs is 8. The van der Waals surface area contributed by atoms with Crippen LogP contribution in [0, 0.1) is 11.3 Å². The Kier molecular flexibility index (Phi) is 8.52. The summed E-state index contributed by atoms with van der Waals surface area (Å²) in [5.41, 5.74) is 13.3. The molecule has 0 radical (unpaired) electrons. The van der Waals surface area contributed by atoms with E-state index in [9.17, 15) is 5.26 Å². The highest BCUT2D eigenvalue weighted by atomic mass is 15.0. The van der Waals surface area contributed by atoms with Crippen molar-refractivity contribution < 1.29 is 0 Å². The normalized spacial score (nSPS) is 11.5. The van der Waals surface area contributed by atoms with Gasteiger partial charge >= 0.3 is 0 Å². The summed E-state index contributed by atoms with van der Waals surface area (Å²) >= 11 is 0. The molecule has 4 heteroatoms. The summed E-state index contributed by atoms with van der Waals surface area (Å²) in [6.07, 6.45) is 0. The minimum absolute atomic E-state index is 0.646. The lowest BCUT2D eigenvalue weighted by Gasteiger charge is -2.16. The first-order valence-electron chi connectivity index (χ1n) is 21.2. The van der Waals surface area contributed by atoms with Gasteiger partial charge in [-0.3, -0.25) is 0 Å². The van der Waals surface area contributed by atoms with Crippen molar-refractivity contribution in [3.63, 3.8) is 0 Å². The lowest BCUT2D eigenvalue weighted by Crippen LogP contribution is -1.97. The average molecular weight is 801 g/mol. The number of nitriles is 1. The number of hydrogen-bond acceptors (Lipinski definition) is 3. The molecule has 0 spiro atoms. The van der Waals surface area contributed by atoms with Crippen LogP contribution in [0.25, 0.3) is 116 Å². The molecule has 0 fully saturated rings. The molecule has 10 aromatic carbocycles. The molecule has 0 saturated carbocycles.